The molecule has 1 aromatic carbocycles. The van der Waals surface area contributed by atoms with Gasteiger partial charge in [0.15, 0.2) is 0 Å². The number of anilines is 1. The molecule has 0 spiro atoms. The molecule has 4 nitrogen and oxygen atoms in total. The molecule has 1 heterocycles. The average molecular weight is 250 g/mol. The fraction of sp³-hybridized carbons (Fsp3) is 0.571. The van der Waals surface area contributed by atoms with Gasteiger partial charge >= 0.3 is 0 Å². The van der Waals surface area contributed by atoms with Crippen molar-refractivity contribution in [2.45, 2.75) is 31.9 Å². The van der Waals surface area contributed by atoms with Crippen molar-refractivity contribution in [3.63, 3.8) is 0 Å². The summed E-state index contributed by atoms with van der Waals surface area (Å²) in [6.07, 6.45) is 0.780. The van der Waals surface area contributed by atoms with E-state index in [-0.39, 0.29) is 6.04 Å². The summed E-state index contributed by atoms with van der Waals surface area (Å²) in [7, 11) is 1.66. The fourth-order valence-electron chi connectivity index (χ4n) is 2.59. The molecule has 0 radical (unpaired) electrons. The van der Waals surface area contributed by atoms with Crippen LogP contribution in [0.5, 0.6) is 5.75 Å². The van der Waals surface area contributed by atoms with Crippen LogP contribution >= 0.6 is 0 Å². The van der Waals surface area contributed by atoms with Crippen LogP contribution in [-0.2, 0) is 0 Å². The number of benzene rings is 1. The van der Waals surface area contributed by atoms with Gasteiger partial charge in [-0.05, 0) is 32.4 Å². The first kappa shape index (κ1) is 13.2. The van der Waals surface area contributed by atoms with E-state index >= 15 is 0 Å². The molecular weight excluding hydrogens is 228 g/mol. The molecule has 18 heavy (non-hydrogen) atoms. The summed E-state index contributed by atoms with van der Waals surface area (Å²) in [6, 6.07) is 5.84. The second-order valence-electron chi connectivity index (χ2n) is 5.35. The Balaban J connectivity index is 2.39. The lowest BCUT2D eigenvalue weighted by Gasteiger charge is -2.26. The van der Waals surface area contributed by atoms with E-state index in [0.29, 0.717) is 6.54 Å². The Morgan fingerprint density at radius 3 is 2.72 bits per heavy atom. The maximum Gasteiger partial charge on any atom is 0.125 e. The summed E-state index contributed by atoms with van der Waals surface area (Å²) in [5, 5.41) is 10.1. The van der Waals surface area contributed by atoms with Crippen molar-refractivity contribution in [3.05, 3.63) is 23.8 Å². The van der Waals surface area contributed by atoms with Crippen LogP contribution in [0.25, 0.3) is 0 Å². The summed E-state index contributed by atoms with van der Waals surface area (Å²) < 4.78 is 5.39. The molecule has 0 aliphatic carbocycles. The highest BCUT2D eigenvalue weighted by Gasteiger charge is 2.33. The van der Waals surface area contributed by atoms with E-state index in [1.165, 1.54) is 0 Å². The fourth-order valence-corrected chi connectivity index (χ4v) is 2.59. The number of rotatable bonds is 3. The summed E-state index contributed by atoms with van der Waals surface area (Å²) in [5.41, 5.74) is 7.53. The summed E-state index contributed by atoms with van der Waals surface area (Å²) >= 11 is 0. The Labute approximate surface area is 108 Å². The number of nitrogens with two attached hydrogens (primary N) is 1. The molecule has 1 aliphatic heterocycles. The van der Waals surface area contributed by atoms with Crippen molar-refractivity contribution < 1.29 is 9.84 Å². The van der Waals surface area contributed by atoms with Gasteiger partial charge in [0.05, 0.1) is 12.7 Å². The molecule has 1 saturated heterocycles. The van der Waals surface area contributed by atoms with Crippen LogP contribution in [0.1, 0.15) is 31.9 Å². The lowest BCUT2D eigenvalue weighted by atomic mass is 10.0. The highest BCUT2D eigenvalue weighted by Crippen LogP contribution is 2.36. The molecule has 4 heteroatoms. The quantitative estimate of drug-likeness (QED) is 0.857. The summed E-state index contributed by atoms with van der Waals surface area (Å²) in [4.78, 5) is 2.18. The second kappa shape index (κ2) is 4.78. The zero-order valence-electron chi connectivity index (χ0n) is 11.3. The number of methoxy groups -OCH3 is 1. The normalized spacial score (nSPS) is 25.3. The first-order chi connectivity index (χ1) is 8.44. The molecule has 2 rings (SSSR count). The molecule has 0 saturated carbocycles. The van der Waals surface area contributed by atoms with Gasteiger partial charge in [-0.2, -0.15) is 0 Å². The minimum atomic E-state index is -0.613. The van der Waals surface area contributed by atoms with Crippen molar-refractivity contribution >= 4 is 5.69 Å². The van der Waals surface area contributed by atoms with Gasteiger partial charge in [-0.1, -0.05) is 6.07 Å². The third-order valence-corrected chi connectivity index (χ3v) is 3.51. The molecule has 100 valence electrons. The number of hydrogen-bond acceptors (Lipinski definition) is 4. The molecule has 3 N–H and O–H groups in total. The van der Waals surface area contributed by atoms with Crippen LogP contribution in [-0.4, -0.2) is 30.9 Å². The van der Waals surface area contributed by atoms with Gasteiger partial charge < -0.3 is 20.5 Å². The smallest absolute Gasteiger partial charge is 0.125 e. The summed E-state index contributed by atoms with van der Waals surface area (Å²) in [5.74, 6) is 0.814. The minimum Gasteiger partial charge on any atom is -0.496 e. The predicted molar refractivity (Wildman–Crippen MR) is 73.1 cm³/mol. The number of ether oxygens (including phenoxy) is 1. The molecular formula is C14H22N2O2. The van der Waals surface area contributed by atoms with E-state index in [1.807, 2.05) is 32.0 Å². The van der Waals surface area contributed by atoms with Gasteiger partial charge in [-0.15, -0.1) is 0 Å². The Morgan fingerprint density at radius 1 is 1.50 bits per heavy atom. The van der Waals surface area contributed by atoms with Gasteiger partial charge in [0.2, 0.25) is 0 Å². The average Bonchev–Trinajstić information content (AvgIpc) is 2.68. The van der Waals surface area contributed by atoms with Crippen molar-refractivity contribution in [2.24, 2.45) is 5.73 Å². The lowest BCUT2D eigenvalue weighted by molar-refractivity contribution is 0.0839. The number of β-amino-alcohol motifs (C(OH)–C–C–N with tert-alkyl or cyclic N) is 1. The van der Waals surface area contributed by atoms with Crippen LogP contribution in [0, 0.1) is 0 Å². The molecule has 1 aromatic rings. The van der Waals surface area contributed by atoms with Gasteiger partial charge in [-0.25, -0.2) is 0 Å². The van der Waals surface area contributed by atoms with E-state index in [0.717, 1.165) is 30.0 Å². The van der Waals surface area contributed by atoms with Crippen molar-refractivity contribution in [1.82, 2.24) is 0 Å². The summed E-state index contributed by atoms with van der Waals surface area (Å²) in [6.45, 7) is 5.31. The van der Waals surface area contributed by atoms with Crippen LogP contribution in [0.2, 0.25) is 0 Å². The van der Waals surface area contributed by atoms with E-state index in [9.17, 15) is 5.11 Å². The van der Waals surface area contributed by atoms with Crippen LogP contribution in [0.4, 0.5) is 5.69 Å². The van der Waals surface area contributed by atoms with Crippen molar-refractivity contribution in [3.8, 4) is 5.75 Å². The van der Waals surface area contributed by atoms with Crippen LogP contribution in [0.3, 0.4) is 0 Å². The molecule has 0 bridgehead atoms. The lowest BCUT2D eigenvalue weighted by Crippen LogP contribution is -2.30. The molecule has 1 unspecified atom stereocenters. The van der Waals surface area contributed by atoms with Gasteiger partial charge in [0.25, 0.3) is 0 Å². The van der Waals surface area contributed by atoms with Gasteiger partial charge in [0.1, 0.15) is 5.75 Å². The van der Waals surface area contributed by atoms with Crippen molar-refractivity contribution in [1.29, 1.82) is 0 Å². The van der Waals surface area contributed by atoms with Crippen LogP contribution in [0.15, 0.2) is 18.2 Å². The van der Waals surface area contributed by atoms with Gasteiger partial charge in [0, 0.05) is 30.4 Å². The monoisotopic (exact) mass is 250 g/mol. The third-order valence-electron chi connectivity index (χ3n) is 3.51. The van der Waals surface area contributed by atoms with E-state index < -0.39 is 5.60 Å². The Bertz CT molecular complexity index is 430. The number of aliphatic hydroxyl groups is 1. The highest BCUT2D eigenvalue weighted by molar-refractivity contribution is 5.61. The number of hydrogen-bond donors (Lipinski definition) is 2. The SMILES string of the molecule is COc1cccc(N2CCC(C)(O)C2)c1[C@H](C)N. The maximum absolute atomic E-state index is 10.1. The highest BCUT2D eigenvalue weighted by atomic mass is 16.5. The Kier molecular flexibility index (Phi) is 3.50. The first-order valence-corrected chi connectivity index (χ1v) is 6.34. The zero-order valence-corrected chi connectivity index (χ0v) is 11.3. The molecule has 0 aromatic heterocycles. The van der Waals surface area contributed by atoms with E-state index in [1.54, 1.807) is 7.11 Å². The topological polar surface area (TPSA) is 58.7 Å². The molecule has 1 aliphatic rings. The van der Waals surface area contributed by atoms with Gasteiger partial charge in [-0.3, -0.25) is 0 Å². The minimum absolute atomic E-state index is 0.0956. The third kappa shape index (κ3) is 2.44. The standard InChI is InChI=1S/C14H22N2O2/c1-10(15)13-11(5-4-6-12(13)18-3)16-8-7-14(2,17)9-16/h4-6,10,17H,7-9,15H2,1-3H3/t10-,14?/m0/s1. The van der Waals surface area contributed by atoms with E-state index in [2.05, 4.69) is 4.90 Å². The molecule has 2 atom stereocenters. The van der Waals surface area contributed by atoms with Crippen molar-refractivity contribution in [2.75, 3.05) is 25.1 Å². The molecule has 0 amide bonds. The maximum atomic E-state index is 10.1. The first-order valence-electron chi connectivity index (χ1n) is 6.34. The van der Waals surface area contributed by atoms with E-state index in [4.69, 9.17) is 10.5 Å². The molecule has 1 fully saturated rings. The number of nitrogens with zero attached hydrogens (tertiary/aromatic N) is 1. The largest absolute Gasteiger partial charge is 0.496 e. The predicted octanol–water partition coefficient (Wildman–Crippen LogP) is 1.68. The van der Waals surface area contributed by atoms with Crippen LogP contribution < -0.4 is 15.4 Å². The zero-order chi connectivity index (χ0) is 13.3. The Morgan fingerprint density at radius 2 is 2.22 bits per heavy atom. The Hall–Kier alpha value is -1.26. The second-order valence-corrected chi connectivity index (χ2v) is 5.35.